The van der Waals surface area contributed by atoms with Gasteiger partial charge in [0.1, 0.15) is 0 Å². The van der Waals surface area contributed by atoms with E-state index in [2.05, 4.69) is 45.0 Å². The van der Waals surface area contributed by atoms with Gasteiger partial charge in [0.25, 0.3) is 0 Å². The number of hydrogen-bond acceptors (Lipinski definition) is 3. The number of amides is 1. The number of rotatable bonds is 6. The van der Waals surface area contributed by atoms with E-state index >= 15 is 0 Å². The molecule has 1 aliphatic heterocycles. The van der Waals surface area contributed by atoms with Gasteiger partial charge in [-0.05, 0) is 66.6 Å². The largest absolute Gasteiger partial charge is 0.337 e. The number of nitrogens with zero attached hydrogens (tertiary/aromatic N) is 2. The van der Waals surface area contributed by atoms with E-state index < -0.39 is 0 Å². The Morgan fingerprint density at radius 1 is 1.26 bits per heavy atom. The average molecular weight is 269 g/mol. The van der Waals surface area contributed by atoms with E-state index in [9.17, 15) is 4.79 Å². The van der Waals surface area contributed by atoms with Crippen LogP contribution in [0.1, 0.15) is 40.5 Å². The zero-order valence-electron chi connectivity index (χ0n) is 13.3. The third kappa shape index (κ3) is 5.49. The second-order valence-electron chi connectivity index (χ2n) is 6.40. The van der Waals surface area contributed by atoms with Gasteiger partial charge in [-0.1, -0.05) is 0 Å². The smallest absolute Gasteiger partial charge is 0.237 e. The van der Waals surface area contributed by atoms with Crippen molar-refractivity contribution in [3.05, 3.63) is 0 Å². The number of nitrogens with one attached hydrogen (secondary N) is 1. The predicted octanol–water partition coefficient (Wildman–Crippen LogP) is 1.56. The molecule has 0 aromatic rings. The topological polar surface area (TPSA) is 35.6 Å². The van der Waals surface area contributed by atoms with E-state index in [4.69, 9.17) is 0 Å². The van der Waals surface area contributed by atoms with Crippen molar-refractivity contribution in [1.82, 2.24) is 15.1 Å². The normalized spacial score (nSPS) is 20.3. The summed E-state index contributed by atoms with van der Waals surface area (Å²) in [6, 6.07) is 0.550. The highest BCUT2D eigenvalue weighted by atomic mass is 16.2. The van der Waals surface area contributed by atoms with E-state index in [1.165, 1.54) is 12.8 Å². The summed E-state index contributed by atoms with van der Waals surface area (Å²) in [7, 11) is 2.06. The van der Waals surface area contributed by atoms with Crippen LogP contribution in [0.25, 0.3) is 0 Å². The molecule has 0 spiro atoms. The van der Waals surface area contributed by atoms with Crippen molar-refractivity contribution in [2.45, 2.75) is 52.6 Å². The maximum atomic E-state index is 12.3. The Kier molecular flexibility index (Phi) is 6.80. The van der Waals surface area contributed by atoms with E-state index in [0.717, 1.165) is 19.6 Å². The molecule has 0 aromatic carbocycles. The van der Waals surface area contributed by atoms with Gasteiger partial charge in [0, 0.05) is 18.6 Å². The minimum atomic E-state index is 0.247. The fourth-order valence-electron chi connectivity index (χ4n) is 3.07. The standard InChI is InChI=1S/C15H31N3O/c1-12(2)18(13(3)4)15(19)11-17(5)10-14-7-6-8-16-9-14/h12-14,16H,6-11H2,1-5H3. The number of likely N-dealkylation sites (N-methyl/N-ethyl adjacent to an activating group) is 1. The van der Waals surface area contributed by atoms with Crippen molar-refractivity contribution in [1.29, 1.82) is 0 Å². The summed E-state index contributed by atoms with van der Waals surface area (Å²) in [5.74, 6) is 0.939. The molecule has 0 aromatic heterocycles. The maximum Gasteiger partial charge on any atom is 0.237 e. The first-order valence-corrected chi connectivity index (χ1v) is 7.62. The monoisotopic (exact) mass is 269 g/mol. The summed E-state index contributed by atoms with van der Waals surface area (Å²) in [6.45, 7) is 12.1. The van der Waals surface area contributed by atoms with Gasteiger partial charge in [-0.25, -0.2) is 0 Å². The zero-order valence-corrected chi connectivity index (χ0v) is 13.3. The second-order valence-corrected chi connectivity index (χ2v) is 6.40. The summed E-state index contributed by atoms with van der Waals surface area (Å²) in [6.07, 6.45) is 2.54. The van der Waals surface area contributed by atoms with Crippen LogP contribution in [0, 0.1) is 5.92 Å². The molecule has 1 fully saturated rings. The lowest BCUT2D eigenvalue weighted by atomic mass is 9.99. The van der Waals surface area contributed by atoms with E-state index in [1.807, 2.05) is 4.90 Å². The average Bonchev–Trinajstić information content (AvgIpc) is 2.28. The molecular weight excluding hydrogens is 238 g/mol. The van der Waals surface area contributed by atoms with Crippen molar-refractivity contribution in [3.63, 3.8) is 0 Å². The molecule has 1 aliphatic rings. The molecule has 0 saturated carbocycles. The molecule has 4 heteroatoms. The Balaban J connectivity index is 2.41. The fraction of sp³-hybridized carbons (Fsp3) is 0.933. The first-order chi connectivity index (χ1) is 8.91. The van der Waals surface area contributed by atoms with Crippen LogP contribution in [0.3, 0.4) is 0 Å². The minimum absolute atomic E-state index is 0.247. The molecule has 0 bridgehead atoms. The van der Waals surface area contributed by atoms with E-state index in [0.29, 0.717) is 12.5 Å². The second kappa shape index (κ2) is 7.85. The molecule has 112 valence electrons. The van der Waals surface area contributed by atoms with Gasteiger partial charge in [-0.3, -0.25) is 9.69 Å². The molecule has 1 rings (SSSR count). The highest BCUT2D eigenvalue weighted by molar-refractivity contribution is 5.78. The number of hydrogen-bond donors (Lipinski definition) is 1. The van der Waals surface area contributed by atoms with E-state index in [-0.39, 0.29) is 18.0 Å². The summed E-state index contributed by atoms with van der Waals surface area (Å²) in [4.78, 5) is 16.5. The fourth-order valence-corrected chi connectivity index (χ4v) is 3.07. The highest BCUT2D eigenvalue weighted by Gasteiger charge is 2.22. The quantitative estimate of drug-likeness (QED) is 0.795. The molecule has 0 aliphatic carbocycles. The number of piperidine rings is 1. The first-order valence-electron chi connectivity index (χ1n) is 7.62. The number of carbonyl (C=O) groups excluding carboxylic acids is 1. The van der Waals surface area contributed by atoms with Crippen LogP contribution < -0.4 is 5.32 Å². The molecule has 1 saturated heterocycles. The summed E-state index contributed by atoms with van der Waals surface area (Å²) in [5.41, 5.74) is 0. The molecule has 0 radical (unpaired) electrons. The van der Waals surface area contributed by atoms with Gasteiger partial charge in [0.15, 0.2) is 0 Å². The Hall–Kier alpha value is -0.610. The van der Waals surface area contributed by atoms with Gasteiger partial charge >= 0.3 is 0 Å². The van der Waals surface area contributed by atoms with Crippen LogP contribution in [0.2, 0.25) is 0 Å². The number of carbonyl (C=O) groups is 1. The lowest BCUT2D eigenvalue weighted by molar-refractivity contribution is -0.135. The van der Waals surface area contributed by atoms with Crippen molar-refractivity contribution < 1.29 is 4.79 Å². The Morgan fingerprint density at radius 2 is 1.89 bits per heavy atom. The minimum Gasteiger partial charge on any atom is -0.337 e. The lowest BCUT2D eigenvalue weighted by Gasteiger charge is -2.33. The Labute approximate surface area is 118 Å². The summed E-state index contributed by atoms with van der Waals surface area (Å²) >= 11 is 0. The molecule has 1 N–H and O–H groups in total. The van der Waals surface area contributed by atoms with E-state index in [1.54, 1.807) is 0 Å². The Morgan fingerprint density at radius 3 is 2.37 bits per heavy atom. The van der Waals surface area contributed by atoms with Crippen LogP contribution in [0.5, 0.6) is 0 Å². The molecule has 19 heavy (non-hydrogen) atoms. The van der Waals surface area contributed by atoms with Gasteiger partial charge < -0.3 is 10.2 Å². The molecule has 1 heterocycles. The third-order valence-corrected chi connectivity index (χ3v) is 3.77. The van der Waals surface area contributed by atoms with Crippen LogP contribution in [-0.2, 0) is 4.79 Å². The van der Waals surface area contributed by atoms with Crippen molar-refractivity contribution in [3.8, 4) is 0 Å². The van der Waals surface area contributed by atoms with Crippen LogP contribution in [0.4, 0.5) is 0 Å². The van der Waals surface area contributed by atoms with Crippen molar-refractivity contribution >= 4 is 5.91 Å². The third-order valence-electron chi connectivity index (χ3n) is 3.77. The van der Waals surface area contributed by atoms with Crippen LogP contribution in [-0.4, -0.2) is 61.0 Å². The van der Waals surface area contributed by atoms with Gasteiger partial charge in [-0.2, -0.15) is 0 Å². The first kappa shape index (κ1) is 16.4. The van der Waals surface area contributed by atoms with Gasteiger partial charge in [-0.15, -0.1) is 0 Å². The Bertz CT molecular complexity index is 265. The van der Waals surface area contributed by atoms with Crippen LogP contribution in [0.15, 0.2) is 0 Å². The molecule has 1 amide bonds. The predicted molar refractivity (Wildman–Crippen MR) is 80.2 cm³/mol. The van der Waals surface area contributed by atoms with Gasteiger partial charge in [0.05, 0.1) is 6.54 Å². The molecular formula is C15H31N3O. The highest BCUT2D eigenvalue weighted by Crippen LogP contribution is 2.12. The zero-order chi connectivity index (χ0) is 14.4. The van der Waals surface area contributed by atoms with Crippen LogP contribution >= 0.6 is 0 Å². The molecule has 1 unspecified atom stereocenters. The van der Waals surface area contributed by atoms with Crippen molar-refractivity contribution in [2.24, 2.45) is 5.92 Å². The molecule has 1 atom stereocenters. The molecule has 4 nitrogen and oxygen atoms in total. The summed E-state index contributed by atoms with van der Waals surface area (Å²) < 4.78 is 0. The summed E-state index contributed by atoms with van der Waals surface area (Å²) in [5, 5.41) is 3.43. The van der Waals surface area contributed by atoms with Gasteiger partial charge in [0.2, 0.25) is 5.91 Å². The lowest BCUT2D eigenvalue weighted by Crippen LogP contribution is -2.47. The van der Waals surface area contributed by atoms with Crippen molar-refractivity contribution in [2.75, 3.05) is 33.2 Å². The maximum absolute atomic E-state index is 12.3. The SMILES string of the molecule is CC(C)N(C(=O)CN(C)CC1CCCNC1)C(C)C.